The Morgan fingerprint density at radius 1 is 1.13 bits per heavy atom. The number of hydrogen-bond donors (Lipinski definition) is 1. The fourth-order valence-corrected chi connectivity index (χ4v) is 3.34. The fourth-order valence-electron chi connectivity index (χ4n) is 3.13. The van der Waals surface area contributed by atoms with Crippen molar-refractivity contribution >= 4 is 29.6 Å². The van der Waals surface area contributed by atoms with E-state index in [0.29, 0.717) is 30.2 Å². The number of aliphatic imine (C=N–C) groups is 1. The van der Waals surface area contributed by atoms with Crippen LogP contribution in [0.15, 0.2) is 59.4 Å². The van der Waals surface area contributed by atoms with Gasteiger partial charge in [0.1, 0.15) is 0 Å². The topological polar surface area (TPSA) is 74.2 Å². The second kappa shape index (κ2) is 8.73. The second-order valence-electron chi connectivity index (χ2n) is 6.95. The number of amides is 3. The molecule has 0 saturated heterocycles. The van der Waals surface area contributed by atoms with Gasteiger partial charge in [-0.1, -0.05) is 29.8 Å². The van der Waals surface area contributed by atoms with Gasteiger partial charge in [-0.15, -0.1) is 4.99 Å². The summed E-state index contributed by atoms with van der Waals surface area (Å²) in [5.74, 6) is -2.57. The summed E-state index contributed by atoms with van der Waals surface area (Å²) in [7, 11) is 0. The summed E-state index contributed by atoms with van der Waals surface area (Å²) in [5, 5.41) is 3.14. The number of amidine groups is 1. The third-order valence-electron chi connectivity index (χ3n) is 4.72. The Balaban J connectivity index is 1.37. The smallest absolute Gasteiger partial charge is 0.348 e. The number of carbonyl (C=O) groups is 2. The third kappa shape index (κ3) is 4.83. The molecule has 0 radical (unpaired) electrons. The van der Waals surface area contributed by atoms with E-state index in [1.54, 1.807) is 28.0 Å². The maximum atomic E-state index is 13.3. The monoisotopic (exact) mass is 446 g/mol. The molecule has 0 bridgehead atoms. The van der Waals surface area contributed by atoms with Crippen LogP contribution in [0.1, 0.15) is 11.1 Å². The Morgan fingerprint density at radius 2 is 1.97 bits per heavy atom. The van der Waals surface area contributed by atoms with Crippen LogP contribution < -0.4 is 5.32 Å². The molecular weight excluding hydrogens is 430 g/mol. The van der Waals surface area contributed by atoms with Gasteiger partial charge in [-0.25, -0.2) is 13.6 Å². The Labute approximate surface area is 181 Å². The van der Waals surface area contributed by atoms with Gasteiger partial charge in [-0.05, 0) is 35.4 Å². The van der Waals surface area contributed by atoms with Gasteiger partial charge in [-0.3, -0.25) is 9.69 Å². The number of nitrogens with zero attached hydrogens (tertiary/aromatic N) is 3. The van der Waals surface area contributed by atoms with Crippen molar-refractivity contribution in [2.75, 3.05) is 13.1 Å². The van der Waals surface area contributed by atoms with Crippen LogP contribution in [0.25, 0.3) is 0 Å². The summed E-state index contributed by atoms with van der Waals surface area (Å²) in [6.45, 7) is 1.07. The summed E-state index contributed by atoms with van der Waals surface area (Å²) < 4.78 is 31.7. The Bertz CT molecular complexity index is 1110. The average Bonchev–Trinajstić information content (AvgIpc) is 3.08. The second-order valence-corrected chi connectivity index (χ2v) is 7.38. The molecule has 0 spiro atoms. The number of rotatable bonds is 5. The zero-order chi connectivity index (χ0) is 22.0. The Morgan fingerprint density at radius 3 is 2.74 bits per heavy atom. The van der Waals surface area contributed by atoms with Gasteiger partial charge in [0.25, 0.3) is 5.91 Å². The molecule has 3 amide bonds. The third-order valence-corrected chi connectivity index (χ3v) is 4.95. The van der Waals surface area contributed by atoms with E-state index >= 15 is 0 Å². The van der Waals surface area contributed by atoms with Crippen LogP contribution in [0.4, 0.5) is 13.6 Å². The molecule has 0 atom stereocenters. The van der Waals surface area contributed by atoms with Crippen LogP contribution in [0, 0.1) is 11.6 Å². The molecule has 2 aromatic carbocycles. The van der Waals surface area contributed by atoms with Crippen molar-refractivity contribution in [3.63, 3.8) is 0 Å². The van der Waals surface area contributed by atoms with Crippen molar-refractivity contribution in [1.82, 2.24) is 15.1 Å². The number of urea groups is 1. The SMILES string of the molecule is O=C(NCc1ccc(F)c(F)c1)C1=CN2CCN(Cc3cccc(Cl)c3)C(=O)N=C2O1. The molecule has 2 aromatic rings. The zero-order valence-corrected chi connectivity index (χ0v) is 16.9. The number of carbonyl (C=O) groups excluding carboxylic acids is 2. The highest BCUT2D eigenvalue weighted by Gasteiger charge is 2.31. The van der Waals surface area contributed by atoms with E-state index in [-0.39, 0.29) is 18.3 Å². The van der Waals surface area contributed by atoms with Crippen molar-refractivity contribution in [1.29, 1.82) is 0 Å². The van der Waals surface area contributed by atoms with Crippen LogP contribution in [0.3, 0.4) is 0 Å². The molecule has 0 saturated carbocycles. The first-order valence-corrected chi connectivity index (χ1v) is 9.77. The molecule has 10 heteroatoms. The van der Waals surface area contributed by atoms with Crippen molar-refractivity contribution < 1.29 is 23.1 Å². The van der Waals surface area contributed by atoms with E-state index in [0.717, 1.165) is 17.7 Å². The van der Waals surface area contributed by atoms with E-state index < -0.39 is 23.6 Å². The predicted molar refractivity (Wildman–Crippen MR) is 109 cm³/mol. The molecule has 2 aliphatic rings. The lowest BCUT2D eigenvalue weighted by atomic mass is 10.2. The van der Waals surface area contributed by atoms with Gasteiger partial charge in [0, 0.05) is 31.2 Å². The maximum absolute atomic E-state index is 13.3. The molecule has 0 unspecified atom stereocenters. The number of halogens is 3. The maximum Gasteiger partial charge on any atom is 0.348 e. The van der Waals surface area contributed by atoms with Crippen LogP contribution >= 0.6 is 11.6 Å². The zero-order valence-electron chi connectivity index (χ0n) is 16.1. The van der Waals surface area contributed by atoms with Crippen LogP contribution in [-0.4, -0.2) is 40.8 Å². The van der Waals surface area contributed by atoms with Gasteiger partial charge in [0.05, 0.1) is 6.20 Å². The molecule has 31 heavy (non-hydrogen) atoms. The highest BCUT2D eigenvalue weighted by molar-refractivity contribution is 6.30. The van der Waals surface area contributed by atoms with Crippen molar-refractivity contribution in [3.8, 4) is 0 Å². The molecule has 0 aromatic heterocycles. The van der Waals surface area contributed by atoms with E-state index in [1.165, 1.54) is 12.3 Å². The molecule has 7 nitrogen and oxygen atoms in total. The summed E-state index contributed by atoms with van der Waals surface area (Å²) in [6, 6.07) is 10.1. The summed E-state index contributed by atoms with van der Waals surface area (Å²) in [4.78, 5) is 31.9. The normalized spacial score (nSPS) is 15.6. The number of benzene rings is 2. The van der Waals surface area contributed by atoms with Crippen LogP contribution in [0.2, 0.25) is 5.02 Å². The minimum absolute atomic E-state index is 0.0107. The van der Waals surface area contributed by atoms with E-state index in [1.807, 2.05) is 6.07 Å². The molecule has 4 rings (SSSR count). The lowest BCUT2D eigenvalue weighted by Crippen LogP contribution is -2.31. The molecular formula is C21H17ClF2N4O3. The lowest BCUT2D eigenvalue weighted by molar-refractivity contribution is -0.119. The quantitative estimate of drug-likeness (QED) is 0.764. The van der Waals surface area contributed by atoms with E-state index in [4.69, 9.17) is 16.3 Å². The molecule has 160 valence electrons. The number of hydrogen-bond acceptors (Lipinski definition) is 4. The first kappa shape index (κ1) is 20.8. The first-order chi connectivity index (χ1) is 14.9. The van der Waals surface area contributed by atoms with Crippen LogP contribution in [-0.2, 0) is 22.6 Å². The van der Waals surface area contributed by atoms with Gasteiger partial charge < -0.3 is 15.0 Å². The van der Waals surface area contributed by atoms with Gasteiger partial charge in [-0.2, -0.15) is 0 Å². The van der Waals surface area contributed by atoms with E-state index in [9.17, 15) is 18.4 Å². The number of fused-ring (bicyclic) bond motifs is 1. The number of ether oxygens (including phenoxy) is 1. The number of nitrogens with one attached hydrogen (secondary N) is 1. The molecule has 2 aliphatic heterocycles. The summed E-state index contributed by atoms with van der Waals surface area (Å²) in [5.41, 5.74) is 1.27. The predicted octanol–water partition coefficient (Wildman–Crippen LogP) is 3.40. The standard InChI is InChI=1S/C21H17ClF2N4O3/c22-15-3-1-2-14(8-15)11-27-6-7-28-12-18(31-21(28)26-20(27)30)19(29)25-10-13-4-5-16(23)17(24)9-13/h1-5,8-9,12H,6-7,10-11H2,(H,25,29). The van der Waals surface area contributed by atoms with Gasteiger partial charge in [0.2, 0.25) is 5.76 Å². The summed E-state index contributed by atoms with van der Waals surface area (Å²) >= 11 is 5.99. The average molecular weight is 447 g/mol. The molecule has 2 heterocycles. The van der Waals surface area contributed by atoms with Crippen molar-refractivity contribution in [3.05, 3.63) is 82.2 Å². The minimum Gasteiger partial charge on any atom is -0.418 e. The van der Waals surface area contributed by atoms with Crippen LogP contribution in [0.5, 0.6) is 0 Å². The minimum atomic E-state index is -0.994. The molecule has 1 N–H and O–H groups in total. The lowest BCUT2D eigenvalue weighted by Gasteiger charge is -2.19. The highest BCUT2D eigenvalue weighted by atomic mass is 35.5. The summed E-state index contributed by atoms with van der Waals surface area (Å²) in [6.07, 6.45) is 1.45. The first-order valence-electron chi connectivity index (χ1n) is 9.39. The van der Waals surface area contributed by atoms with Gasteiger partial charge >= 0.3 is 12.1 Å². The highest BCUT2D eigenvalue weighted by Crippen LogP contribution is 2.20. The molecule has 0 fully saturated rings. The van der Waals surface area contributed by atoms with Gasteiger partial charge in [0.15, 0.2) is 11.6 Å². The Hall–Kier alpha value is -3.46. The van der Waals surface area contributed by atoms with Crippen molar-refractivity contribution in [2.24, 2.45) is 4.99 Å². The van der Waals surface area contributed by atoms with E-state index in [2.05, 4.69) is 10.3 Å². The van der Waals surface area contributed by atoms with Crippen molar-refractivity contribution in [2.45, 2.75) is 13.1 Å². The Kier molecular flexibility index (Phi) is 5.85. The molecule has 0 aliphatic carbocycles. The fraction of sp³-hybridized carbons (Fsp3) is 0.190. The largest absolute Gasteiger partial charge is 0.418 e.